The van der Waals surface area contributed by atoms with E-state index >= 15 is 0 Å². The normalized spacial score (nSPS) is 27.7. The van der Waals surface area contributed by atoms with Crippen LogP contribution < -0.4 is 5.73 Å². The Balaban J connectivity index is 1.80. The van der Waals surface area contributed by atoms with Gasteiger partial charge in [-0.3, -0.25) is 0 Å². The monoisotopic (exact) mass is 262 g/mol. The largest absolute Gasteiger partial charge is 0.328 e. The Morgan fingerprint density at radius 2 is 2.05 bits per heavy atom. The molecule has 0 saturated heterocycles. The lowest BCUT2D eigenvalue weighted by molar-refractivity contribution is 0.366. The van der Waals surface area contributed by atoms with Gasteiger partial charge in [-0.05, 0) is 38.5 Å². The van der Waals surface area contributed by atoms with Crippen LogP contribution in [0.4, 0.5) is 0 Å². The zero-order valence-electron chi connectivity index (χ0n) is 12.0. The molecule has 0 aliphatic heterocycles. The van der Waals surface area contributed by atoms with Crippen LogP contribution in [-0.4, -0.2) is 20.8 Å². The number of nitrogens with two attached hydrogens (primary N) is 1. The van der Waals surface area contributed by atoms with Gasteiger partial charge in [-0.25, -0.2) is 9.67 Å². The molecule has 4 nitrogen and oxygen atoms in total. The highest BCUT2D eigenvalue weighted by Crippen LogP contribution is 2.39. The molecule has 1 heterocycles. The Kier molecular flexibility index (Phi) is 3.87. The fourth-order valence-corrected chi connectivity index (χ4v) is 3.12. The van der Waals surface area contributed by atoms with Crippen LogP contribution >= 0.6 is 0 Å². The van der Waals surface area contributed by atoms with Crippen LogP contribution in [0.3, 0.4) is 0 Å². The number of nitrogens with zero attached hydrogens (tertiary/aromatic N) is 3. The van der Waals surface area contributed by atoms with Gasteiger partial charge in [-0.1, -0.05) is 19.8 Å². The molecule has 2 atom stereocenters. The predicted octanol–water partition coefficient (Wildman–Crippen LogP) is 2.94. The summed E-state index contributed by atoms with van der Waals surface area (Å²) in [6, 6.07) is 0.361. The number of hydrogen-bond donors (Lipinski definition) is 1. The molecule has 0 aromatic carbocycles. The maximum absolute atomic E-state index is 6.13. The molecule has 19 heavy (non-hydrogen) atoms. The second-order valence-electron chi connectivity index (χ2n) is 6.30. The van der Waals surface area contributed by atoms with Crippen LogP contribution in [0.15, 0.2) is 0 Å². The first kappa shape index (κ1) is 13.1. The molecule has 2 fully saturated rings. The summed E-state index contributed by atoms with van der Waals surface area (Å²) in [6.45, 7) is 3.26. The number of rotatable bonds is 5. The minimum Gasteiger partial charge on any atom is -0.328 e. The Hall–Kier alpha value is -0.900. The van der Waals surface area contributed by atoms with Gasteiger partial charge in [0.2, 0.25) is 0 Å². The third-order valence-electron chi connectivity index (χ3n) is 4.46. The molecule has 3 rings (SSSR count). The van der Waals surface area contributed by atoms with Gasteiger partial charge in [0, 0.05) is 24.4 Å². The molecule has 0 spiro atoms. The molecule has 0 bridgehead atoms. The standard InChI is InChI=1S/C15H26N4/c1-2-3-9-19-15(12-5-4-6-13(16)10-12)17-14(18-19)11-7-8-11/h11-13H,2-10,16H2,1H3/t12-,13+/m1/s1. The second kappa shape index (κ2) is 5.61. The topological polar surface area (TPSA) is 56.7 Å². The molecule has 4 heteroatoms. The van der Waals surface area contributed by atoms with Gasteiger partial charge in [-0.15, -0.1) is 0 Å². The van der Waals surface area contributed by atoms with Crippen LogP contribution in [0.25, 0.3) is 0 Å². The van der Waals surface area contributed by atoms with E-state index in [1.165, 1.54) is 50.8 Å². The summed E-state index contributed by atoms with van der Waals surface area (Å²) in [5.41, 5.74) is 6.13. The van der Waals surface area contributed by atoms with E-state index in [1.54, 1.807) is 0 Å². The first-order valence-corrected chi connectivity index (χ1v) is 7.98. The van der Waals surface area contributed by atoms with Crippen molar-refractivity contribution in [2.75, 3.05) is 0 Å². The van der Waals surface area contributed by atoms with Crippen molar-refractivity contribution in [2.45, 2.75) is 82.7 Å². The number of unbranched alkanes of at least 4 members (excludes halogenated alkanes) is 1. The summed E-state index contributed by atoms with van der Waals surface area (Å²) in [5.74, 6) is 3.52. The van der Waals surface area contributed by atoms with Crippen molar-refractivity contribution >= 4 is 0 Å². The van der Waals surface area contributed by atoms with Crippen molar-refractivity contribution in [3.8, 4) is 0 Å². The van der Waals surface area contributed by atoms with Crippen LogP contribution in [0, 0.1) is 0 Å². The lowest BCUT2D eigenvalue weighted by Gasteiger charge is -2.26. The van der Waals surface area contributed by atoms with Crippen molar-refractivity contribution in [1.29, 1.82) is 0 Å². The molecule has 2 N–H and O–H groups in total. The van der Waals surface area contributed by atoms with Gasteiger partial charge in [-0.2, -0.15) is 5.10 Å². The maximum Gasteiger partial charge on any atom is 0.154 e. The summed E-state index contributed by atoms with van der Waals surface area (Å²) in [7, 11) is 0. The van der Waals surface area contributed by atoms with Crippen LogP contribution in [0.5, 0.6) is 0 Å². The van der Waals surface area contributed by atoms with Crippen LogP contribution in [-0.2, 0) is 6.54 Å². The minimum absolute atomic E-state index is 0.361. The van der Waals surface area contributed by atoms with Crippen molar-refractivity contribution in [2.24, 2.45) is 5.73 Å². The fourth-order valence-electron chi connectivity index (χ4n) is 3.12. The second-order valence-corrected chi connectivity index (χ2v) is 6.30. The van der Waals surface area contributed by atoms with E-state index in [2.05, 4.69) is 11.6 Å². The molecule has 0 unspecified atom stereocenters. The molecule has 1 aromatic rings. The maximum atomic E-state index is 6.13. The van der Waals surface area contributed by atoms with Gasteiger partial charge in [0.15, 0.2) is 5.82 Å². The van der Waals surface area contributed by atoms with Gasteiger partial charge in [0.05, 0.1) is 0 Å². The van der Waals surface area contributed by atoms with E-state index in [0.29, 0.717) is 17.9 Å². The average molecular weight is 262 g/mol. The lowest BCUT2D eigenvalue weighted by Crippen LogP contribution is -2.28. The summed E-state index contributed by atoms with van der Waals surface area (Å²) in [5, 5.41) is 4.77. The van der Waals surface area contributed by atoms with Crippen molar-refractivity contribution in [3.63, 3.8) is 0 Å². The molecule has 2 aliphatic carbocycles. The molecule has 0 amide bonds. The summed E-state index contributed by atoms with van der Waals surface area (Å²) < 4.78 is 2.19. The Labute approximate surface area is 115 Å². The Morgan fingerprint density at radius 1 is 1.21 bits per heavy atom. The molecule has 0 radical (unpaired) electrons. The molecular weight excluding hydrogens is 236 g/mol. The van der Waals surface area contributed by atoms with Gasteiger partial charge in [0.25, 0.3) is 0 Å². The molecular formula is C15H26N4. The summed E-state index contributed by atoms with van der Waals surface area (Å²) in [4.78, 5) is 4.88. The SMILES string of the molecule is CCCCn1nc(C2CC2)nc1[C@@H]1CCC[C@H](N)C1. The quantitative estimate of drug-likeness (QED) is 0.887. The molecule has 1 aromatic heterocycles. The average Bonchev–Trinajstić information content (AvgIpc) is 3.17. The van der Waals surface area contributed by atoms with E-state index in [9.17, 15) is 0 Å². The lowest BCUT2D eigenvalue weighted by atomic mass is 9.85. The predicted molar refractivity (Wildman–Crippen MR) is 76.1 cm³/mol. The van der Waals surface area contributed by atoms with Crippen LogP contribution in [0.2, 0.25) is 0 Å². The van der Waals surface area contributed by atoms with Crippen molar-refractivity contribution in [1.82, 2.24) is 14.8 Å². The molecule has 2 saturated carbocycles. The smallest absolute Gasteiger partial charge is 0.154 e. The Morgan fingerprint density at radius 3 is 2.74 bits per heavy atom. The highest BCUT2D eigenvalue weighted by molar-refractivity contribution is 5.10. The summed E-state index contributed by atoms with van der Waals surface area (Å²) >= 11 is 0. The highest BCUT2D eigenvalue weighted by Gasteiger charge is 2.31. The van der Waals surface area contributed by atoms with E-state index in [4.69, 9.17) is 15.8 Å². The van der Waals surface area contributed by atoms with Crippen molar-refractivity contribution < 1.29 is 0 Å². The van der Waals surface area contributed by atoms with E-state index < -0.39 is 0 Å². The number of aromatic nitrogens is 3. The fraction of sp³-hybridized carbons (Fsp3) is 0.867. The zero-order chi connectivity index (χ0) is 13.2. The van der Waals surface area contributed by atoms with Crippen molar-refractivity contribution in [3.05, 3.63) is 11.6 Å². The first-order chi connectivity index (χ1) is 9.28. The highest BCUT2D eigenvalue weighted by atomic mass is 15.4. The van der Waals surface area contributed by atoms with Crippen LogP contribution in [0.1, 0.15) is 81.8 Å². The third kappa shape index (κ3) is 2.99. The molecule has 106 valence electrons. The van der Waals surface area contributed by atoms with E-state index in [-0.39, 0.29) is 0 Å². The van der Waals surface area contributed by atoms with Gasteiger partial charge in [0.1, 0.15) is 5.82 Å². The number of hydrogen-bond acceptors (Lipinski definition) is 3. The molecule has 2 aliphatic rings. The van der Waals surface area contributed by atoms with E-state index in [0.717, 1.165) is 18.8 Å². The number of aryl methyl sites for hydroxylation is 1. The van der Waals surface area contributed by atoms with Gasteiger partial charge < -0.3 is 5.73 Å². The minimum atomic E-state index is 0.361. The Bertz CT molecular complexity index is 422. The van der Waals surface area contributed by atoms with Gasteiger partial charge >= 0.3 is 0 Å². The third-order valence-corrected chi connectivity index (χ3v) is 4.46. The zero-order valence-corrected chi connectivity index (χ0v) is 12.0. The van der Waals surface area contributed by atoms with E-state index in [1.807, 2.05) is 0 Å². The summed E-state index contributed by atoms with van der Waals surface area (Å²) in [6.07, 6.45) is 9.71. The first-order valence-electron chi connectivity index (χ1n) is 7.98.